The average Bonchev–Trinajstić information content (AvgIpc) is 3.54. The van der Waals surface area contributed by atoms with Crippen LogP contribution < -0.4 is 20.5 Å². The molecule has 0 bridgehead atoms. The van der Waals surface area contributed by atoms with Gasteiger partial charge in [0.05, 0.1) is 14.9 Å². The maximum absolute atomic E-state index is 13.7. The molecule has 5 rings (SSSR count). The van der Waals surface area contributed by atoms with Gasteiger partial charge in [-0.1, -0.05) is 23.2 Å². The van der Waals surface area contributed by atoms with Crippen LogP contribution in [0.5, 0.6) is 11.5 Å². The average molecular weight is 569 g/mol. The van der Waals surface area contributed by atoms with E-state index < -0.39 is 28.0 Å². The van der Waals surface area contributed by atoms with Gasteiger partial charge in [0.2, 0.25) is 16.8 Å². The summed E-state index contributed by atoms with van der Waals surface area (Å²) in [5.41, 5.74) is 6.24. The zero-order valence-corrected chi connectivity index (χ0v) is 22.1. The summed E-state index contributed by atoms with van der Waals surface area (Å²) in [5, 5.41) is 3.21. The van der Waals surface area contributed by atoms with Crippen LogP contribution >= 0.6 is 23.2 Å². The largest absolute Gasteiger partial charge is 0.454 e. The fourth-order valence-electron chi connectivity index (χ4n) is 4.85. The summed E-state index contributed by atoms with van der Waals surface area (Å²) in [6, 6.07) is 8.54. The van der Waals surface area contributed by atoms with Gasteiger partial charge in [0.25, 0.3) is 11.8 Å². The molecular formula is C24H26Cl2N4O6S. The van der Waals surface area contributed by atoms with Crippen LogP contribution in [0.1, 0.15) is 36.0 Å². The van der Waals surface area contributed by atoms with E-state index in [1.807, 2.05) is 0 Å². The van der Waals surface area contributed by atoms with Crippen LogP contribution in [0.2, 0.25) is 10.0 Å². The Bertz CT molecular complexity index is 1330. The van der Waals surface area contributed by atoms with Crippen molar-refractivity contribution in [3.63, 3.8) is 0 Å². The SMILES string of the molecule is NC1CCC(NC(=O)C2N(C(=O)c3ccc4c(c3)OCO4)CCN2S(=O)(=O)c2ccc(Cl)c(Cl)c2)CC1. The first-order chi connectivity index (χ1) is 17.6. The van der Waals surface area contributed by atoms with Crippen LogP contribution in [0, 0.1) is 0 Å². The molecule has 2 aromatic carbocycles. The van der Waals surface area contributed by atoms with Crippen molar-refractivity contribution in [1.82, 2.24) is 14.5 Å². The second-order valence-electron chi connectivity index (χ2n) is 9.25. The van der Waals surface area contributed by atoms with E-state index in [1.165, 1.54) is 29.2 Å². The van der Waals surface area contributed by atoms with Crippen LogP contribution in [0.3, 0.4) is 0 Å². The Kier molecular flexibility index (Phi) is 7.25. The molecule has 3 N–H and O–H groups in total. The third-order valence-electron chi connectivity index (χ3n) is 6.86. The van der Waals surface area contributed by atoms with E-state index in [-0.39, 0.29) is 52.5 Å². The Morgan fingerprint density at radius 2 is 1.68 bits per heavy atom. The lowest BCUT2D eigenvalue weighted by molar-refractivity contribution is -0.128. The van der Waals surface area contributed by atoms with Crippen LogP contribution in [0.4, 0.5) is 0 Å². The number of nitrogens with zero attached hydrogens (tertiary/aromatic N) is 2. The molecule has 2 amide bonds. The second-order valence-corrected chi connectivity index (χ2v) is 12.0. The number of benzene rings is 2. The number of carbonyl (C=O) groups excluding carboxylic acids is 2. The lowest BCUT2D eigenvalue weighted by Crippen LogP contribution is -2.56. The molecule has 2 aliphatic heterocycles. The van der Waals surface area contributed by atoms with E-state index in [4.69, 9.17) is 38.4 Å². The van der Waals surface area contributed by atoms with Gasteiger partial charge in [-0.05, 0) is 62.1 Å². The van der Waals surface area contributed by atoms with E-state index in [0.29, 0.717) is 24.3 Å². The summed E-state index contributed by atoms with van der Waals surface area (Å²) in [6.45, 7) is -0.0175. The number of nitrogens with one attached hydrogen (secondary N) is 1. The number of fused-ring (bicyclic) bond motifs is 1. The Morgan fingerprint density at radius 1 is 0.946 bits per heavy atom. The van der Waals surface area contributed by atoms with E-state index in [1.54, 1.807) is 12.1 Å². The summed E-state index contributed by atoms with van der Waals surface area (Å²) >= 11 is 12.1. The van der Waals surface area contributed by atoms with Gasteiger partial charge in [-0.2, -0.15) is 4.31 Å². The monoisotopic (exact) mass is 568 g/mol. The topological polar surface area (TPSA) is 131 Å². The van der Waals surface area contributed by atoms with Gasteiger partial charge in [-0.3, -0.25) is 9.59 Å². The molecule has 0 aromatic heterocycles. The number of nitrogens with two attached hydrogens (primary N) is 1. The van der Waals surface area contributed by atoms with E-state index in [0.717, 1.165) is 17.1 Å². The molecule has 1 saturated carbocycles. The van der Waals surface area contributed by atoms with Crippen LogP contribution in [-0.4, -0.2) is 67.6 Å². The molecule has 2 fully saturated rings. The molecule has 2 aromatic rings. The van der Waals surface area contributed by atoms with Crippen molar-refractivity contribution < 1.29 is 27.5 Å². The van der Waals surface area contributed by atoms with Crippen molar-refractivity contribution in [3.8, 4) is 11.5 Å². The van der Waals surface area contributed by atoms with E-state index in [9.17, 15) is 18.0 Å². The summed E-state index contributed by atoms with van der Waals surface area (Å²) in [6.07, 6.45) is 1.46. The highest BCUT2D eigenvalue weighted by molar-refractivity contribution is 7.89. The highest BCUT2D eigenvalue weighted by Crippen LogP contribution is 2.34. The molecule has 1 saturated heterocycles. The maximum atomic E-state index is 13.7. The summed E-state index contributed by atoms with van der Waals surface area (Å²) < 4.78 is 39.0. The third kappa shape index (κ3) is 5.10. The molecular weight excluding hydrogens is 543 g/mol. The molecule has 1 atom stereocenters. The minimum absolute atomic E-state index is 0.0153. The molecule has 3 aliphatic rings. The fraction of sp³-hybridized carbons (Fsp3) is 0.417. The predicted octanol–water partition coefficient (Wildman–Crippen LogP) is 2.58. The van der Waals surface area contributed by atoms with Gasteiger partial charge in [0.15, 0.2) is 17.7 Å². The Morgan fingerprint density at radius 3 is 2.41 bits per heavy atom. The Balaban J connectivity index is 1.46. The molecule has 0 radical (unpaired) electrons. The smallest absolute Gasteiger partial charge is 0.259 e. The first-order valence-corrected chi connectivity index (χ1v) is 14.1. The zero-order valence-electron chi connectivity index (χ0n) is 19.7. The minimum Gasteiger partial charge on any atom is -0.454 e. The zero-order chi connectivity index (χ0) is 26.3. The predicted molar refractivity (Wildman–Crippen MR) is 136 cm³/mol. The number of amides is 2. The molecule has 1 aliphatic carbocycles. The number of halogens is 2. The van der Waals surface area contributed by atoms with Crippen LogP contribution in [-0.2, 0) is 14.8 Å². The number of rotatable bonds is 5. The Hall–Kier alpha value is -2.57. The van der Waals surface area contributed by atoms with Crippen molar-refractivity contribution in [3.05, 3.63) is 52.0 Å². The highest BCUT2D eigenvalue weighted by atomic mass is 35.5. The lowest BCUT2D eigenvalue weighted by atomic mass is 9.92. The molecule has 10 nitrogen and oxygen atoms in total. The van der Waals surface area contributed by atoms with Crippen molar-refractivity contribution in [2.45, 2.75) is 48.8 Å². The van der Waals surface area contributed by atoms with Crippen molar-refractivity contribution in [1.29, 1.82) is 0 Å². The molecule has 2 heterocycles. The standard InChI is InChI=1S/C24H26Cl2N4O6S/c25-18-7-6-17(12-19(18)26)37(33,34)30-10-9-29(23(30)22(31)28-16-4-2-15(27)3-5-16)24(32)14-1-8-20-21(11-14)36-13-35-20/h1,6-8,11-12,15-16,23H,2-5,9-10,13,27H2,(H,28,31). The second kappa shape index (κ2) is 10.3. The van der Waals surface area contributed by atoms with E-state index >= 15 is 0 Å². The lowest BCUT2D eigenvalue weighted by Gasteiger charge is -2.32. The summed E-state index contributed by atoms with van der Waals surface area (Å²) in [5.74, 6) is -0.164. The van der Waals surface area contributed by atoms with Gasteiger partial charge in [-0.15, -0.1) is 0 Å². The molecule has 13 heteroatoms. The van der Waals surface area contributed by atoms with Crippen LogP contribution in [0.25, 0.3) is 0 Å². The summed E-state index contributed by atoms with van der Waals surface area (Å²) in [7, 11) is -4.21. The molecule has 1 unspecified atom stereocenters. The third-order valence-corrected chi connectivity index (χ3v) is 9.45. The first-order valence-electron chi connectivity index (χ1n) is 11.9. The summed E-state index contributed by atoms with van der Waals surface area (Å²) in [4.78, 5) is 28.3. The number of ether oxygens (including phenoxy) is 2. The van der Waals surface area contributed by atoms with Crippen molar-refractivity contribution in [2.75, 3.05) is 19.9 Å². The van der Waals surface area contributed by atoms with Gasteiger partial charge in [0, 0.05) is 30.7 Å². The van der Waals surface area contributed by atoms with Gasteiger partial charge >= 0.3 is 0 Å². The van der Waals surface area contributed by atoms with E-state index in [2.05, 4.69) is 5.32 Å². The fourth-order valence-corrected chi connectivity index (χ4v) is 6.79. The molecule has 198 valence electrons. The number of carbonyl (C=O) groups is 2. The maximum Gasteiger partial charge on any atom is 0.259 e. The first kappa shape index (κ1) is 26.1. The number of hydrogen-bond acceptors (Lipinski definition) is 7. The minimum atomic E-state index is -4.21. The van der Waals surface area contributed by atoms with Gasteiger partial charge < -0.3 is 25.4 Å². The van der Waals surface area contributed by atoms with Gasteiger partial charge in [-0.25, -0.2) is 8.42 Å². The Labute approximate surface area is 224 Å². The van der Waals surface area contributed by atoms with Gasteiger partial charge in [0.1, 0.15) is 0 Å². The van der Waals surface area contributed by atoms with Crippen molar-refractivity contribution in [2.24, 2.45) is 5.73 Å². The highest BCUT2D eigenvalue weighted by Gasteiger charge is 2.47. The number of hydrogen-bond donors (Lipinski definition) is 2. The quantitative estimate of drug-likeness (QED) is 0.566. The van der Waals surface area contributed by atoms with Crippen molar-refractivity contribution >= 4 is 45.0 Å². The number of sulfonamides is 1. The molecule has 37 heavy (non-hydrogen) atoms. The molecule has 0 spiro atoms. The normalized spacial score (nSPS) is 23.8. The van der Waals surface area contributed by atoms with Crippen LogP contribution in [0.15, 0.2) is 41.3 Å².